The summed E-state index contributed by atoms with van der Waals surface area (Å²) in [6.45, 7) is 19.8. The molecule has 0 aliphatic carbocycles. The van der Waals surface area contributed by atoms with Gasteiger partial charge >= 0.3 is 0 Å². The molecule has 2 aromatic carbocycles. The predicted molar refractivity (Wildman–Crippen MR) is 173 cm³/mol. The maximum atomic E-state index is 4.95. The Kier molecular flexibility index (Phi) is 13.9. The second-order valence-corrected chi connectivity index (χ2v) is 11.8. The van der Waals surface area contributed by atoms with Crippen molar-refractivity contribution in [1.29, 1.82) is 0 Å². The first-order valence-electron chi connectivity index (χ1n) is 14.5. The minimum atomic E-state index is 0.525. The van der Waals surface area contributed by atoms with Crippen LogP contribution in [0.5, 0.6) is 0 Å². The molecule has 0 aliphatic heterocycles. The van der Waals surface area contributed by atoms with Gasteiger partial charge in [0.05, 0.1) is 17.1 Å². The van der Waals surface area contributed by atoms with E-state index in [1.807, 2.05) is 13.1 Å². The monoisotopic (exact) mass is 530 g/mol. The summed E-state index contributed by atoms with van der Waals surface area (Å²) in [4.78, 5) is 9.52. The van der Waals surface area contributed by atoms with E-state index >= 15 is 0 Å². The van der Waals surface area contributed by atoms with Crippen molar-refractivity contribution < 1.29 is 0 Å². The van der Waals surface area contributed by atoms with Gasteiger partial charge in [0.2, 0.25) is 0 Å². The Morgan fingerprint density at radius 3 is 2.08 bits per heavy atom. The number of hydrogen-bond donors (Lipinski definition) is 0. The number of unbranched alkanes of at least 4 members (excludes halogenated alkanes) is 2. The van der Waals surface area contributed by atoms with E-state index in [2.05, 4.69) is 121 Å². The normalized spacial score (nSPS) is 12.1. The van der Waals surface area contributed by atoms with Crippen LogP contribution in [0, 0.1) is 27.7 Å². The Labute approximate surface area is 237 Å². The fraction of sp³-hybridized carbons (Fsp3) is 0.486. The van der Waals surface area contributed by atoms with Crippen molar-refractivity contribution >= 4 is 23.7 Å². The van der Waals surface area contributed by atoms with E-state index in [9.17, 15) is 0 Å². The van der Waals surface area contributed by atoms with Gasteiger partial charge in [-0.2, -0.15) is 11.8 Å². The van der Waals surface area contributed by atoms with Crippen molar-refractivity contribution in [2.24, 2.45) is 4.99 Å². The highest BCUT2D eigenvalue weighted by Crippen LogP contribution is 2.37. The number of benzene rings is 2. The summed E-state index contributed by atoms with van der Waals surface area (Å²) in [6.07, 6.45) is 8.22. The average molecular weight is 531 g/mol. The number of pyridine rings is 1. The smallest absolute Gasteiger partial charge is 0.0705 e. The Balaban J connectivity index is 0.000000281. The molecule has 0 spiro atoms. The summed E-state index contributed by atoms with van der Waals surface area (Å²) in [5, 5.41) is 0.537. The Hall–Kier alpha value is -2.39. The first kappa shape index (κ1) is 31.8. The molecule has 1 heterocycles. The maximum absolute atomic E-state index is 4.95. The number of nitrogens with zero attached hydrogens (tertiary/aromatic N) is 2. The molecule has 0 saturated carbocycles. The van der Waals surface area contributed by atoms with Gasteiger partial charge in [0, 0.05) is 17.0 Å². The van der Waals surface area contributed by atoms with Crippen LogP contribution in [-0.4, -0.2) is 17.0 Å². The molecular formula is C35H50N2S. The molecule has 0 aliphatic rings. The molecule has 2 nitrogen and oxygen atoms in total. The van der Waals surface area contributed by atoms with E-state index in [4.69, 9.17) is 4.98 Å². The lowest BCUT2D eigenvalue weighted by Gasteiger charge is -2.20. The van der Waals surface area contributed by atoms with Gasteiger partial charge in [-0.25, -0.2) is 0 Å². The van der Waals surface area contributed by atoms with Crippen LogP contribution in [0.1, 0.15) is 111 Å². The highest BCUT2D eigenvalue weighted by molar-refractivity contribution is 7.99. The number of thioether (sulfide) groups is 1. The van der Waals surface area contributed by atoms with Crippen LogP contribution in [0.2, 0.25) is 0 Å². The highest BCUT2D eigenvalue weighted by Gasteiger charge is 2.16. The van der Waals surface area contributed by atoms with Gasteiger partial charge in [0.25, 0.3) is 0 Å². The summed E-state index contributed by atoms with van der Waals surface area (Å²) >= 11 is 2.08. The van der Waals surface area contributed by atoms with Gasteiger partial charge in [-0.05, 0) is 99.1 Å². The molecular weight excluding hydrogens is 480 g/mol. The van der Waals surface area contributed by atoms with Crippen LogP contribution in [0.15, 0.2) is 53.5 Å². The van der Waals surface area contributed by atoms with E-state index in [1.165, 1.54) is 82.6 Å². The van der Waals surface area contributed by atoms with Gasteiger partial charge in [0.15, 0.2) is 0 Å². The zero-order valence-electron chi connectivity index (χ0n) is 25.4. The molecule has 0 amide bonds. The molecule has 3 aromatic rings. The first-order chi connectivity index (χ1) is 18.3. The SMILES string of the molecule is CC=Nc1c(C)c(C)c(C)c(C)c1C(C)C.CCCCSC(CCCC)c1cccc(-c2ccccc2)n1. The lowest BCUT2D eigenvalue weighted by atomic mass is 9.87. The van der Waals surface area contributed by atoms with E-state index in [0.717, 1.165) is 5.69 Å². The lowest BCUT2D eigenvalue weighted by molar-refractivity contribution is 0.695. The van der Waals surface area contributed by atoms with E-state index < -0.39 is 0 Å². The van der Waals surface area contributed by atoms with Crippen LogP contribution < -0.4 is 0 Å². The Bertz CT molecular complexity index is 1150. The molecule has 1 unspecified atom stereocenters. The van der Waals surface area contributed by atoms with Gasteiger partial charge < -0.3 is 0 Å². The Morgan fingerprint density at radius 2 is 1.47 bits per heavy atom. The van der Waals surface area contributed by atoms with Crippen molar-refractivity contribution in [2.75, 3.05) is 5.75 Å². The van der Waals surface area contributed by atoms with E-state index in [0.29, 0.717) is 11.2 Å². The molecule has 206 valence electrons. The van der Waals surface area contributed by atoms with Crippen molar-refractivity contribution in [3.8, 4) is 11.3 Å². The summed E-state index contributed by atoms with van der Waals surface area (Å²) in [5.41, 5.74) is 11.6. The number of rotatable bonds is 11. The third-order valence-electron chi connectivity index (χ3n) is 7.34. The molecule has 1 atom stereocenters. The second kappa shape index (κ2) is 16.5. The first-order valence-corrected chi connectivity index (χ1v) is 15.5. The lowest BCUT2D eigenvalue weighted by Crippen LogP contribution is -2.01. The molecule has 0 radical (unpaired) electrons. The van der Waals surface area contributed by atoms with Crippen LogP contribution >= 0.6 is 11.8 Å². The summed E-state index contributed by atoms with van der Waals surface area (Å²) in [5.74, 6) is 1.76. The van der Waals surface area contributed by atoms with Crippen molar-refractivity contribution in [2.45, 2.75) is 106 Å². The van der Waals surface area contributed by atoms with Gasteiger partial charge in [-0.3, -0.25) is 9.98 Å². The number of aromatic nitrogens is 1. The number of aliphatic imine (C=N–C) groups is 1. The fourth-order valence-electron chi connectivity index (χ4n) is 4.80. The van der Waals surface area contributed by atoms with Gasteiger partial charge in [-0.1, -0.05) is 83.4 Å². The predicted octanol–water partition coefficient (Wildman–Crippen LogP) is 11.3. The summed E-state index contributed by atoms with van der Waals surface area (Å²) in [6, 6.07) is 17.0. The summed E-state index contributed by atoms with van der Waals surface area (Å²) < 4.78 is 0. The van der Waals surface area contributed by atoms with Gasteiger partial charge in [-0.15, -0.1) is 0 Å². The zero-order chi connectivity index (χ0) is 28.1. The van der Waals surface area contributed by atoms with Crippen LogP contribution in [0.4, 0.5) is 5.69 Å². The minimum Gasteiger partial charge on any atom is -0.261 e. The molecule has 1 aromatic heterocycles. The third-order valence-corrected chi connectivity index (χ3v) is 8.75. The Morgan fingerprint density at radius 1 is 0.816 bits per heavy atom. The van der Waals surface area contributed by atoms with Crippen molar-refractivity contribution in [3.63, 3.8) is 0 Å². The molecule has 0 bridgehead atoms. The summed E-state index contributed by atoms with van der Waals surface area (Å²) in [7, 11) is 0. The topological polar surface area (TPSA) is 25.2 Å². The third kappa shape index (κ3) is 8.83. The molecule has 38 heavy (non-hydrogen) atoms. The number of hydrogen-bond acceptors (Lipinski definition) is 3. The zero-order valence-corrected chi connectivity index (χ0v) is 26.2. The van der Waals surface area contributed by atoms with Crippen molar-refractivity contribution in [1.82, 2.24) is 4.98 Å². The fourth-order valence-corrected chi connectivity index (χ4v) is 6.18. The molecule has 0 fully saturated rings. The molecule has 0 N–H and O–H groups in total. The molecule has 3 heteroatoms. The van der Waals surface area contributed by atoms with Crippen LogP contribution in [0.25, 0.3) is 11.3 Å². The van der Waals surface area contributed by atoms with E-state index in [1.54, 1.807) is 0 Å². The van der Waals surface area contributed by atoms with Crippen molar-refractivity contribution in [3.05, 3.63) is 82.0 Å². The van der Waals surface area contributed by atoms with Crippen LogP contribution in [-0.2, 0) is 0 Å². The largest absolute Gasteiger partial charge is 0.261 e. The molecule has 0 saturated heterocycles. The molecule has 3 rings (SSSR count). The van der Waals surface area contributed by atoms with Gasteiger partial charge in [0.1, 0.15) is 0 Å². The quantitative estimate of drug-likeness (QED) is 0.182. The van der Waals surface area contributed by atoms with Crippen LogP contribution in [0.3, 0.4) is 0 Å². The average Bonchev–Trinajstić information content (AvgIpc) is 2.93. The minimum absolute atomic E-state index is 0.525. The maximum Gasteiger partial charge on any atom is 0.0705 e. The standard InChI is InChI=1S/C20H27NS.C15H23N/c1-3-5-15-20(22-16-6-4-2)19-14-10-13-18(21-19)17-11-8-7-9-12-17;1-8-16-15-13(7)11(5)10(4)12(6)14(15)9(2)3/h7-14,20H,3-6,15-16H2,1-2H3;8-9H,1-7H3. The second-order valence-electron chi connectivity index (χ2n) is 10.5. The highest BCUT2D eigenvalue weighted by atomic mass is 32.2. The van der Waals surface area contributed by atoms with E-state index in [-0.39, 0.29) is 0 Å².